The van der Waals surface area contributed by atoms with Crippen LogP contribution in [0.25, 0.3) is 10.8 Å². The van der Waals surface area contributed by atoms with Gasteiger partial charge in [-0.1, -0.05) is 71.9 Å². The first-order valence-electron chi connectivity index (χ1n) is 8.50. The lowest BCUT2D eigenvalue weighted by molar-refractivity contribution is 0.439. The number of benzene rings is 2. The van der Waals surface area contributed by atoms with Crippen LogP contribution >= 0.6 is 0 Å². The molecule has 132 valence electrons. The lowest BCUT2D eigenvalue weighted by atomic mass is 9.70. The predicted molar refractivity (Wildman–Crippen MR) is 100 cm³/mol. The Kier molecular flexibility index (Phi) is 4.86. The van der Waals surface area contributed by atoms with Crippen LogP contribution in [0.4, 0.5) is 0 Å². The molecule has 0 amide bonds. The van der Waals surface area contributed by atoms with Crippen LogP contribution in [-0.2, 0) is 20.9 Å². The maximum atomic E-state index is 12.4. The van der Waals surface area contributed by atoms with Gasteiger partial charge in [0.25, 0.3) is 10.1 Å². The Morgan fingerprint density at radius 2 is 1.50 bits per heavy atom. The average molecular weight is 349 g/mol. The van der Waals surface area contributed by atoms with E-state index in [9.17, 15) is 13.0 Å². The SMILES string of the molecule is CCC(C)(C)c1cc2ccccc2c(S(=O)(=O)O)c1C(C)(C)CC. The van der Waals surface area contributed by atoms with Gasteiger partial charge in [-0.05, 0) is 40.2 Å². The van der Waals surface area contributed by atoms with Gasteiger partial charge < -0.3 is 0 Å². The van der Waals surface area contributed by atoms with Crippen molar-refractivity contribution < 1.29 is 13.0 Å². The second kappa shape index (κ2) is 6.16. The minimum atomic E-state index is -4.34. The van der Waals surface area contributed by atoms with Crippen LogP contribution in [0.5, 0.6) is 0 Å². The molecule has 0 aliphatic carbocycles. The maximum Gasteiger partial charge on any atom is 0.295 e. The Hall–Kier alpha value is -1.39. The quantitative estimate of drug-likeness (QED) is 0.730. The molecule has 0 radical (unpaired) electrons. The normalized spacial score (nSPS) is 13.5. The summed E-state index contributed by atoms with van der Waals surface area (Å²) in [6, 6.07) is 9.48. The van der Waals surface area contributed by atoms with Crippen LogP contribution in [0.1, 0.15) is 65.5 Å². The molecule has 0 fully saturated rings. The molecular weight excluding hydrogens is 320 g/mol. The van der Waals surface area contributed by atoms with Gasteiger partial charge in [0.05, 0.1) is 0 Å². The van der Waals surface area contributed by atoms with Gasteiger partial charge in [-0.3, -0.25) is 4.55 Å². The van der Waals surface area contributed by atoms with E-state index in [1.165, 1.54) is 0 Å². The first-order valence-corrected chi connectivity index (χ1v) is 9.94. The van der Waals surface area contributed by atoms with E-state index in [2.05, 4.69) is 26.8 Å². The van der Waals surface area contributed by atoms with E-state index in [4.69, 9.17) is 0 Å². The largest absolute Gasteiger partial charge is 0.295 e. The monoisotopic (exact) mass is 348 g/mol. The molecule has 0 bridgehead atoms. The average Bonchev–Trinajstić information content (AvgIpc) is 2.51. The fourth-order valence-corrected chi connectivity index (χ4v) is 4.26. The van der Waals surface area contributed by atoms with E-state index in [0.717, 1.165) is 29.4 Å². The van der Waals surface area contributed by atoms with Gasteiger partial charge in [0.15, 0.2) is 0 Å². The highest BCUT2D eigenvalue weighted by atomic mass is 32.2. The lowest BCUT2D eigenvalue weighted by Gasteiger charge is -2.35. The molecule has 0 unspecified atom stereocenters. The van der Waals surface area contributed by atoms with E-state index in [1.54, 1.807) is 6.07 Å². The van der Waals surface area contributed by atoms with Crippen molar-refractivity contribution in [3.63, 3.8) is 0 Å². The molecule has 2 aromatic rings. The number of hydrogen-bond acceptors (Lipinski definition) is 2. The maximum absolute atomic E-state index is 12.4. The molecular formula is C20H28O3S. The Morgan fingerprint density at radius 3 is 2.00 bits per heavy atom. The van der Waals surface area contributed by atoms with Crippen LogP contribution in [0.3, 0.4) is 0 Å². The second-order valence-electron chi connectivity index (χ2n) is 7.80. The molecule has 24 heavy (non-hydrogen) atoms. The summed E-state index contributed by atoms with van der Waals surface area (Å²) in [5, 5.41) is 1.43. The Bertz CT molecular complexity index is 862. The van der Waals surface area contributed by atoms with Crippen molar-refractivity contribution in [3.8, 4) is 0 Å². The van der Waals surface area contributed by atoms with E-state index in [0.29, 0.717) is 5.39 Å². The molecule has 4 heteroatoms. The van der Waals surface area contributed by atoms with Crippen molar-refractivity contribution in [1.29, 1.82) is 0 Å². The van der Waals surface area contributed by atoms with Crippen molar-refractivity contribution in [3.05, 3.63) is 41.5 Å². The topological polar surface area (TPSA) is 54.4 Å². The number of rotatable bonds is 5. The van der Waals surface area contributed by atoms with Crippen LogP contribution in [-0.4, -0.2) is 13.0 Å². The highest BCUT2D eigenvalue weighted by Crippen LogP contribution is 2.44. The lowest BCUT2D eigenvalue weighted by Crippen LogP contribution is -2.28. The molecule has 0 aliphatic rings. The van der Waals surface area contributed by atoms with Crippen LogP contribution in [0, 0.1) is 0 Å². The van der Waals surface area contributed by atoms with Crippen molar-refractivity contribution in [1.82, 2.24) is 0 Å². The molecule has 0 aliphatic heterocycles. The second-order valence-corrected chi connectivity index (χ2v) is 9.16. The van der Waals surface area contributed by atoms with Crippen LogP contribution in [0.15, 0.2) is 35.2 Å². The van der Waals surface area contributed by atoms with Gasteiger partial charge in [0.1, 0.15) is 4.90 Å². The van der Waals surface area contributed by atoms with Crippen molar-refractivity contribution >= 4 is 20.9 Å². The van der Waals surface area contributed by atoms with E-state index >= 15 is 0 Å². The molecule has 0 aromatic heterocycles. The van der Waals surface area contributed by atoms with Gasteiger partial charge in [-0.2, -0.15) is 8.42 Å². The summed E-state index contributed by atoms with van der Waals surface area (Å²) in [4.78, 5) is 0.0731. The third-order valence-electron chi connectivity index (χ3n) is 5.43. The zero-order valence-electron chi connectivity index (χ0n) is 15.5. The van der Waals surface area contributed by atoms with Crippen molar-refractivity contribution in [2.75, 3.05) is 0 Å². The summed E-state index contributed by atoms with van der Waals surface area (Å²) in [5.41, 5.74) is 1.20. The van der Waals surface area contributed by atoms with E-state index in [1.807, 2.05) is 39.0 Å². The van der Waals surface area contributed by atoms with Gasteiger partial charge in [0, 0.05) is 5.39 Å². The Labute approximate surface area is 145 Å². The van der Waals surface area contributed by atoms with Crippen LogP contribution in [0.2, 0.25) is 0 Å². The predicted octanol–water partition coefficient (Wildman–Crippen LogP) is 5.46. The fourth-order valence-electron chi connectivity index (χ4n) is 3.16. The zero-order valence-corrected chi connectivity index (χ0v) is 16.3. The molecule has 1 N–H and O–H groups in total. The smallest absolute Gasteiger partial charge is 0.282 e. The van der Waals surface area contributed by atoms with Crippen molar-refractivity contribution in [2.45, 2.75) is 70.1 Å². The Balaban J connectivity index is 3.15. The number of hydrogen-bond donors (Lipinski definition) is 1. The minimum Gasteiger partial charge on any atom is -0.282 e. The van der Waals surface area contributed by atoms with Crippen molar-refractivity contribution in [2.24, 2.45) is 0 Å². The molecule has 0 atom stereocenters. The first-order chi connectivity index (χ1) is 11.0. The number of fused-ring (bicyclic) bond motifs is 1. The highest BCUT2D eigenvalue weighted by molar-refractivity contribution is 7.86. The summed E-state index contributed by atoms with van der Waals surface area (Å²) in [7, 11) is -4.34. The first kappa shape index (κ1) is 18.9. The summed E-state index contributed by atoms with van der Waals surface area (Å²) < 4.78 is 34.8. The summed E-state index contributed by atoms with van der Waals surface area (Å²) >= 11 is 0. The van der Waals surface area contributed by atoms with Gasteiger partial charge in [-0.25, -0.2) is 0 Å². The highest BCUT2D eigenvalue weighted by Gasteiger charge is 2.35. The zero-order chi connectivity index (χ0) is 18.3. The van der Waals surface area contributed by atoms with Gasteiger partial charge in [0.2, 0.25) is 0 Å². The molecule has 0 saturated carbocycles. The molecule has 3 nitrogen and oxygen atoms in total. The fraction of sp³-hybridized carbons (Fsp3) is 0.500. The summed E-state index contributed by atoms with van der Waals surface area (Å²) in [6.45, 7) is 12.5. The van der Waals surface area contributed by atoms with Gasteiger partial charge >= 0.3 is 0 Å². The third-order valence-corrected chi connectivity index (χ3v) is 6.37. The molecule has 0 saturated heterocycles. The molecule has 0 heterocycles. The third kappa shape index (κ3) is 3.22. The Morgan fingerprint density at radius 1 is 0.958 bits per heavy atom. The molecule has 2 aromatic carbocycles. The van der Waals surface area contributed by atoms with Crippen LogP contribution < -0.4 is 0 Å². The molecule has 2 rings (SSSR count). The summed E-state index contributed by atoms with van der Waals surface area (Å²) in [6.07, 6.45) is 1.66. The van der Waals surface area contributed by atoms with E-state index < -0.39 is 10.1 Å². The minimum absolute atomic E-state index is 0.0731. The van der Waals surface area contributed by atoms with E-state index in [-0.39, 0.29) is 15.7 Å². The standard InChI is InChI=1S/C20H28O3S/c1-7-19(3,4)16-13-14-11-9-10-12-15(14)18(24(21,22)23)17(16)20(5,6)8-2/h9-13H,7-8H2,1-6H3,(H,21,22,23). The van der Waals surface area contributed by atoms with Gasteiger partial charge in [-0.15, -0.1) is 0 Å². The molecule has 0 spiro atoms. The summed E-state index contributed by atoms with van der Waals surface area (Å²) in [5.74, 6) is 0.